The fraction of sp³-hybridized carbons (Fsp3) is 0.158. The van der Waals surface area contributed by atoms with Gasteiger partial charge in [0.25, 0.3) is 5.91 Å². The number of carbonyl (C=O) groups excluding carboxylic acids is 1. The third-order valence-corrected chi connectivity index (χ3v) is 5.80. The molecule has 0 aliphatic heterocycles. The molecule has 0 spiro atoms. The van der Waals surface area contributed by atoms with Crippen molar-refractivity contribution in [3.63, 3.8) is 0 Å². The minimum atomic E-state index is -3.39. The zero-order chi connectivity index (χ0) is 20.3. The Labute approximate surface area is 166 Å². The average Bonchev–Trinajstić information content (AvgIpc) is 3.15. The molecule has 0 aliphatic rings. The third kappa shape index (κ3) is 4.32. The Kier molecular flexibility index (Phi) is 5.66. The first-order valence-corrected chi connectivity index (χ1v) is 10.9. The van der Waals surface area contributed by atoms with E-state index in [0.29, 0.717) is 22.3 Å². The van der Waals surface area contributed by atoms with Crippen molar-refractivity contribution in [2.24, 2.45) is 0 Å². The van der Waals surface area contributed by atoms with E-state index in [9.17, 15) is 13.2 Å². The molecule has 2 aromatic carbocycles. The van der Waals surface area contributed by atoms with Crippen LogP contribution in [0.25, 0.3) is 11.3 Å². The minimum absolute atomic E-state index is 0.0882. The minimum Gasteiger partial charge on any atom is -0.493 e. The molecule has 0 saturated carbocycles. The van der Waals surface area contributed by atoms with Gasteiger partial charge in [0.15, 0.2) is 26.5 Å². The van der Waals surface area contributed by atoms with Crippen LogP contribution in [-0.2, 0) is 9.84 Å². The molecule has 0 saturated heterocycles. The van der Waals surface area contributed by atoms with E-state index in [0.717, 1.165) is 11.8 Å². The molecule has 0 aliphatic carbocycles. The number of ether oxygens (including phenoxy) is 2. The van der Waals surface area contributed by atoms with Crippen LogP contribution in [0.1, 0.15) is 10.4 Å². The van der Waals surface area contributed by atoms with E-state index in [4.69, 9.17) is 9.47 Å². The third-order valence-electron chi connectivity index (χ3n) is 3.93. The number of sulfone groups is 1. The maximum Gasteiger partial charge on any atom is 0.257 e. The lowest BCUT2D eigenvalue weighted by molar-refractivity contribution is 0.102. The number of benzene rings is 2. The standard InChI is InChI=1S/C19H18N2O5S2/c1-25-16-8-7-12(10-17(16)26-2)15-11-27-19(20-15)21-18(22)13-5-4-6-14(9-13)28(3,23)24/h4-11H,1-3H3,(H,20,21,22). The van der Waals surface area contributed by atoms with Gasteiger partial charge in [0.2, 0.25) is 0 Å². The lowest BCUT2D eigenvalue weighted by Gasteiger charge is -2.08. The van der Waals surface area contributed by atoms with E-state index in [1.807, 2.05) is 11.4 Å². The topological polar surface area (TPSA) is 94.6 Å². The van der Waals surface area contributed by atoms with Gasteiger partial charge in [0.05, 0.1) is 24.8 Å². The van der Waals surface area contributed by atoms with Gasteiger partial charge in [0, 0.05) is 22.8 Å². The van der Waals surface area contributed by atoms with E-state index in [-0.39, 0.29) is 10.5 Å². The maximum atomic E-state index is 12.4. The first kappa shape index (κ1) is 19.8. The fourth-order valence-corrected chi connectivity index (χ4v) is 3.88. The van der Waals surface area contributed by atoms with Crippen molar-refractivity contribution in [1.82, 2.24) is 4.98 Å². The van der Waals surface area contributed by atoms with Gasteiger partial charge < -0.3 is 9.47 Å². The predicted molar refractivity (Wildman–Crippen MR) is 108 cm³/mol. The van der Waals surface area contributed by atoms with Gasteiger partial charge in [0.1, 0.15) is 0 Å². The van der Waals surface area contributed by atoms with Crippen LogP contribution < -0.4 is 14.8 Å². The summed E-state index contributed by atoms with van der Waals surface area (Å²) in [4.78, 5) is 17.0. The normalized spacial score (nSPS) is 11.1. The average molecular weight is 418 g/mol. The van der Waals surface area contributed by atoms with Crippen LogP contribution >= 0.6 is 11.3 Å². The number of thiazole rings is 1. The highest BCUT2D eigenvalue weighted by atomic mass is 32.2. The molecule has 1 aromatic heterocycles. The number of hydrogen-bond donors (Lipinski definition) is 1. The van der Waals surface area contributed by atoms with Crippen LogP contribution in [0.2, 0.25) is 0 Å². The highest BCUT2D eigenvalue weighted by molar-refractivity contribution is 7.90. The number of aromatic nitrogens is 1. The summed E-state index contributed by atoms with van der Waals surface area (Å²) in [6.07, 6.45) is 1.10. The summed E-state index contributed by atoms with van der Waals surface area (Å²) in [6.45, 7) is 0. The van der Waals surface area contributed by atoms with E-state index in [1.54, 1.807) is 32.4 Å². The first-order chi connectivity index (χ1) is 13.3. The van der Waals surface area contributed by atoms with Gasteiger partial charge in [-0.2, -0.15) is 0 Å². The summed E-state index contributed by atoms with van der Waals surface area (Å²) in [7, 11) is -0.274. The zero-order valence-electron chi connectivity index (χ0n) is 15.4. The van der Waals surface area contributed by atoms with Crippen molar-refractivity contribution in [3.05, 3.63) is 53.4 Å². The molecule has 0 radical (unpaired) electrons. The van der Waals surface area contributed by atoms with Crippen molar-refractivity contribution in [3.8, 4) is 22.8 Å². The highest BCUT2D eigenvalue weighted by Gasteiger charge is 2.14. The van der Waals surface area contributed by atoms with Gasteiger partial charge in [-0.05, 0) is 36.4 Å². The Bertz CT molecular complexity index is 1120. The second kappa shape index (κ2) is 7.99. The number of anilines is 1. The number of rotatable bonds is 6. The van der Waals surface area contributed by atoms with Crippen LogP contribution in [-0.4, -0.2) is 39.8 Å². The molecule has 0 fully saturated rings. The van der Waals surface area contributed by atoms with E-state index in [1.165, 1.54) is 29.5 Å². The van der Waals surface area contributed by atoms with Crippen LogP contribution in [0.5, 0.6) is 11.5 Å². The van der Waals surface area contributed by atoms with E-state index < -0.39 is 15.7 Å². The molecule has 3 rings (SSSR count). The number of hydrogen-bond acceptors (Lipinski definition) is 7. The Hall–Kier alpha value is -2.91. The lowest BCUT2D eigenvalue weighted by Crippen LogP contribution is -2.12. The molecule has 0 unspecified atom stereocenters. The second-order valence-electron chi connectivity index (χ2n) is 5.86. The quantitative estimate of drug-likeness (QED) is 0.659. The number of nitrogens with zero attached hydrogens (tertiary/aromatic N) is 1. The monoisotopic (exact) mass is 418 g/mol. The summed E-state index contributed by atoms with van der Waals surface area (Å²) >= 11 is 1.27. The molecule has 0 bridgehead atoms. The molecule has 9 heteroatoms. The van der Waals surface area contributed by atoms with Crippen LogP contribution in [0.15, 0.2) is 52.7 Å². The van der Waals surface area contributed by atoms with Crippen molar-refractivity contribution < 1.29 is 22.7 Å². The van der Waals surface area contributed by atoms with Crippen LogP contribution in [0.3, 0.4) is 0 Å². The zero-order valence-corrected chi connectivity index (χ0v) is 17.1. The van der Waals surface area contributed by atoms with Crippen LogP contribution in [0.4, 0.5) is 5.13 Å². The van der Waals surface area contributed by atoms with E-state index in [2.05, 4.69) is 10.3 Å². The number of nitrogens with one attached hydrogen (secondary N) is 1. The van der Waals surface area contributed by atoms with E-state index >= 15 is 0 Å². The Morgan fingerprint density at radius 2 is 1.82 bits per heavy atom. The molecule has 146 valence electrons. The Balaban J connectivity index is 1.81. The van der Waals surface area contributed by atoms with Crippen molar-refractivity contribution >= 4 is 32.2 Å². The summed E-state index contributed by atoms with van der Waals surface area (Å²) in [5.74, 6) is 0.760. The summed E-state index contributed by atoms with van der Waals surface area (Å²) < 4.78 is 33.8. The summed E-state index contributed by atoms with van der Waals surface area (Å²) in [5.41, 5.74) is 1.73. The highest BCUT2D eigenvalue weighted by Crippen LogP contribution is 2.33. The molecule has 3 aromatic rings. The van der Waals surface area contributed by atoms with Crippen LogP contribution in [0, 0.1) is 0 Å². The molecule has 28 heavy (non-hydrogen) atoms. The van der Waals surface area contributed by atoms with Crippen molar-refractivity contribution in [1.29, 1.82) is 0 Å². The Morgan fingerprint density at radius 3 is 2.50 bits per heavy atom. The molecule has 1 N–H and O–H groups in total. The number of carbonyl (C=O) groups is 1. The lowest BCUT2D eigenvalue weighted by atomic mass is 10.1. The molecule has 0 atom stereocenters. The molecule has 7 nitrogen and oxygen atoms in total. The van der Waals surface area contributed by atoms with Crippen molar-refractivity contribution in [2.45, 2.75) is 4.90 Å². The Morgan fingerprint density at radius 1 is 1.07 bits per heavy atom. The van der Waals surface area contributed by atoms with Crippen molar-refractivity contribution in [2.75, 3.05) is 25.8 Å². The SMILES string of the molecule is COc1ccc(-c2csc(NC(=O)c3cccc(S(C)(=O)=O)c3)n2)cc1OC. The molecular formula is C19H18N2O5S2. The summed E-state index contributed by atoms with van der Waals surface area (Å²) in [5, 5.41) is 4.91. The fourth-order valence-electron chi connectivity index (χ4n) is 2.50. The number of amides is 1. The van der Waals surface area contributed by atoms with Gasteiger partial charge in [-0.3, -0.25) is 10.1 Å². The van der Waals surface area contributed by atoms with Gasteiger partial charge in [-0.25, -0.2) is 13.4 Å². The summed E-state index contributed by atoms with van der Waals surface area (Å²) in [6, 6.07) is 11.3. The smallest absolute Gasteiger partial charge is 0.257 e. The molecular weight excluding hydrogens is 400 g/mol. The molecule has 1 amide bonds. The maximum absolute atomic E-state index is 12.4. The second-order valence-corrected chi connectivity index (χ2v) is 8.74. The molecule has 1 heterocycles. The van der Waals surface area contributed by atoms with Gasteiger partial charge in [-0.1, -0.05) is 6.07 Å². The number of methoxy groups -OCH3 is 2. The largest absolute Gasteiger partial charge is 0.493 e. The van der Waals surface area contributed by atoms with Gasteiger partial charge in [-0.15, -0.1) is 11.3 Å². The van der Waals surface area contributed by atoms with Gasteiger partial charge >= 0.3 is 0 Å². The predicted octanol–water partition coefficient (Wildman–Crippen LogP) is 3.48. The first-order valence-electron chi connectivity index (χ1n) is 8.11.